The smallest absolute Gasteiger partial charge is 0.295 e. The minimum atomic E-state index is -1.03. The van der Waals surface area contributed by atoms with Crippen LogP contribution in [-0.4, -0.2) is 66.0 Å². The number of hydrogen-bond acceptors (Lipinski definition) is 6. The third-order valence-corrected chi connectivity index (χ3v) is 6.11. The lowest BCUT2D eigenvalue weighted by Gasteiger charge is -2.28. The normalized spacial score (nSPS) is 19.4. The van der Waals surface area contributed by atoms with Crippen molar-refractivity contribution < 1.29 is 28.6 Å². The minimum absolute atomic E-state index is 0.138. The summed E-state index contributed by atoms with van der Waals surface area (Å²) in [5.74, 6) is -1.55. The standard InChI is InChI=1S/C25H27FN2O5/c1-3-27(4-2)11-12-28-22(17-7-5-6-8-18(17)26)21(24(30)25(28)31)23(29)16-9-10-19-20(15-16)33-14-13-32-19/h5-10,15,22,29H,3-4,11-14H2,1-2H3/t22-/m1/s1. The molecule has 1 fully saturated rings. The molecule has 0 bridgehead atoms. The summed E-state index contributed by atoms with van der Waals surface area (Å²) < 4.78 is 26.0. The van der Waals surface area contributed by atoms with Crippen LogP contribution in [0.4, 0.5) is 4.39 Å². The number of ether oxygens (including phenoxy) is 2. The van der Waals surface area contributed by atoms with E-state index in [-0.39, 0.29) is 23.4 Å². The van der Waals surface area contributed by atoms with Gasteiger partial charge < -0.3 is 24.4 Å². The van der Waals surface area contributed by atoms with Crippen LogP contribution in [0.25, 0.3) is 5.76 Å². The third kappa shape index (κ3) is 4.30. The molecule has 174 valence electrons. The molecule has 2 heterocycles. The summed E-state index contributed by atoms with van der Waals surface area (Å²) in [6.45, 7) is 7.11. The van der Waals surface area contributed by atoms with Gasteiger partial charge in [0.25, 0.3) is 11.7 Å². The van der Waals surface area contributed by atoms with Gasteiger partial charge >= 0.3 is 0 Å². The molecule has 0 spiro atoms. The molecule has 0 radical (unpaired) electrons. The number of likely N-dealkylation sites (N-methyl/N-ethyl adjacent to an activating group) is 1. The Kier molecular flexibility index (Phi) is 6.65. The molecular formula is C25H27FN2O5. The highest BCUT2D eigenvalue weighted by Crippen LogP contribution is 2.41. The number of hydrogen-bond donors (Lipinski definition) is 1. The largest absolute Gasteiger partial charge is 0.507 e. The van der Waals surface area contributed by atoms with Crippen LogP contribution < -0.4 is 9.47 Å². The molecular weight excluding hydrogens is 427 g/mol. The first-order chi connectivity index (χ1) is 16.0. The molecule has 2 aliphatic rings. The van der Waals surface area contributed by atoms with Crippen LogP contribution in [0.2, 0.25) is 0 Å². The van der Waals surface area contributed by atoms with Crippen molar-refractivity contribution in [2.45, 2.75) is 19.9 Å². The van der Waals surface area contributed by atoms with E-state index in [0.717, 1.165) is 13.1 Å². The summed E-state index contributed by atoms with van der Waals surface area (Å²) in [6.07, 6.45) is 0. The second-order valence-corrected chi connectivity index (χ2v) is 7.90. The van der Waals surface area contributed by atoms with Gasteiger partial charge in [0, 0.05) is 24.2 Å². The number of nitrogens with zero attached hydrogens (tertiary/aromatic N) is 2. The molecule has 1 amide bonds. The number of Topliss-reactive ketones (excluding diaryl/α,β-unsaturated/α-hetero) is 1. The molecule has 1 atom stereocenters. The van der Waals surface area contributed by atoms with Crippen molar-refractivity contribution in [2.24, 2.45) is 0 Å². The van der Waals surface area contributed by atoms with E-state index in [2.05, 4.69) is 4.90 Å². The predicted molar refractivity (Wildman–Crippen MR) is 121 cm³/mol. The highest BCUT2D eigenvalue weighted by molar-refractivity contribution is 6.46. The van der Waals surface area contributed by atoms with E-state index in [4.69, 9.17) is 9.47 Å². The zero-order valence-electron chi connectivity index (χ0n) is 18.7. The van der Waals surface area contributed by atoms with Crippen molar-refractivity contribution in [2.75, 3.05) is 39.4 Å². The minimum Gasteiger partial charge on any atom is -0.507 e. The second-order valence-electron chi connectivity index (χ2n) is 7.90. The van der Waals surface area contributed by atoms with Crippen LogP contribution in [-0.2, 0) is 9.59 Å². The van der Waals surface area contributed by atoms with E-state index in [9.17, 15) is 19.1 Å². The van der Waals surface area contributed by atoms with Gasteiger partial charge in [-0.1, -0.05) is 32.0 Å². The number of ketones is 1. The lowest BCUT2D eigenvalue weighted by Crippen LogP contribution is -2.38. The molecule has 0 aliphatic carbocycles. The summed E-state index contributed by atoms with van der Waals surface area (Å²) in [5, 5.41) is 11.2. The lowest BCUT2D eigenvalue weighted by atomic mass is 9.94. The van der Waals surface area contributed by atoms with Crippen LogP contribution in [0.1, 0.15) is 31.0 Å². The van der Waals surface area contributed by atoms with Crippen molar-refractivity contribution in [3.05, 3.63) is 65.0 Å². The molecule has 1 N–H and O–H groups in total. The molecule has 0 saturated carbocycles. The molecule has 2 aromatic carbocycles. The van der Waals surface area contributed by atoms with Gasteiger partial charge in [-0.2, -0.15) is 0 Å². The molecule has 0 unspecified atom stereocenters. The number of halogens is 1. The molecule has 33 heavy (non-hydrogen) atoms. The van der Waals surface area contributed by atoms with Gasteiger partial charge in [-0.05, 0) is 37.4 Å². The average molecular weight is 454 g/mol. The summed E-state index contributed by atoms with van der Waals surface area (Å²) in [5.41, 5.74) is 0.319. The van der Waals surface area contributed by atoms with Gasteiger partial charge in [0.1, 0.15) is 24.8 Å². The van der Waals surface area contributed by atoms with Gasteiger partial charge in [0.2, 0.25) is 0 Å². The monoisotopic (exact) mass is 454 g/mol. The maximum atomic E-state index is 14.9. The molecule has 2 aliphatic heterocycles. The Morgan fingerprint density at radius 2 is 1.79 bits per heavy atom. The van der Waals surface area contributed by atoms with E-state index < -0.39 is 23.5 Å². The SMILES string of the molecule is CCN(CC)CCN1C(=O)C(=O)C(=C(O)c2ccc3c(c2)OCCO3)[C@H]1c1ccccc1F. The molecule has 0 aromatic heterocycles. The van der Waals surface area contributed by atoms with Gasteiger partial charge in [-0.15, -0.1) is 0 Å². The van der Waals surface area contributed by atoms with E-state index in [1.165, 1.54) is 17.0 Å². The number of aliphatic hydroxyl groups excluding tert-OH is 1. The van der Waals surface area contributed by atoms with Crippen molar-refractivity contribution in [1.82, 2.24) is 9.80 Å². The zero-order chi connectivity index (χ0) is 23.5. The van der Waals surface area contributed by atoms with Gasteiger partial charge in [-0.3, -0.25) is 9.59 Å². The Morgan fingerprint density at radius 3 is 2.48 bits per heavy atom. The van der Waals surface area contributed by atoms with Crippen molar-refractivity contribution in [3.8, 4) is 11.5 Å². The fourth-order valence-corrected chi connectivity index (χ4v) is 4.27. The summed E-state index contributed by atoms with van der Waals surface area (Å²) in [4.78, 5) is 29.6. The fourth-order valence-electron chi connectivity index (χ4n) is 4.27. The highest BCUT2D eigenvalue weighted by Gasteiger charge is 2.46. The maximum absolute atomic E-state index is 14.9. The molecule has 2 aromatic rings. The van der Waals surface area contributed by atoms with Gasteiger partial charge in [-0.25, -0.2) is 4.39 Å². The van der Waals surface area contributed by atoms with Crippen LogP contribution in [0.5, 0.6) is 11.5 Å². The highest BCUT2D eigenvalue weighted by atomic mass is 19.1. The summed E-state index contributed by atoms with van der Waals surface area (Å²) in [6, 6.07) is 9.76. The first-order valence-electron chi connectivity index (χ1n) is 11.1. The van der Waals surface area contributed by atoms with E-state index in [0.29, 0.717) is 36.8 Å². The third-order valence-electron chi connectivity index (χ3n) is 6.11. The Hall–Kier alpha value is -3.39. The van der Waals surface area contributed by atoms with E-state index in [1.54, 1.807) is 30.3 Å². The van der Waals surface area contributed by atoms with Crippen molar-refractivity contribution in [1.29, 1.82) is 0 Å². The van der Waals surface area contributed by atoms with Crippen molar-refractivity contribution in [3.63, 3.8) is 0 Å². The van der Waals surface area contributed by atoms with Crippen LogP contribution in [0, 0.1) is 5.82 Å². The van der Waals surface area contributed by atoms with Crippen LogP contribution in [0.15, 0.2) is 48.0 Å². The lowest BCUT2D eigenvalue weighted by molar-refractivity contribution is -0.140. The quantitative estimate of drug-likeness (QED) is 0.393. The van der Waals surface area contributed by atoms with E-state index >= 15 is 0 Å². The Bertz CT molecular complexity index is 1100. The maximum Gasteiger partial charge on any atom is 0.295 e. The van der Waals surface area contributed by atoms with Crippen LogP contribution in [0.3, 0.4) is 0 Å². The zero-order valence-corrected chi connectivity index (χ0v) is 18.7. The van der Waals surface area contributed by atoms with Gasteiger partial charge in [0.15, 0.2) is 11.5 Å². The van der Waals surface area contributed by atoms with Gasteiger partial charge in [0.05, 0.1) is 11.6 Å². The Balaban J connectivity index is 1.80. The number of aliphatic hydroxyl groups is 1. The Morgan fingerprint density at radius 1 is 1.09 bits per heavy atom. The number of carbonyl (C=O) groups is 2. The number of benzene rings is 2. The summed E-state index contributed by atoms with van der Waals surface area (Å²) in [7, 11) is 0. The van der Waals surface area contributed by atoms with Crippen molar-refractivity contribution >= 4 is 17.4 Å². The van der Waals surface area contributed by atoms with Crippen LogP contribution >= 0.6 is 0 Å². The Labute approximate surface area is 192 Å². The number of likely N-dealkylation sites (tertiary alicyclic amines) is 1. The first kappa shape index (κ1) is 22.8. The number of carbonyl (C=O) groups excluding carboxylic acids is 2. The van der Waals surface area contributed by atoms with E-state index in [1.807, 2.05) is 13.8 Å². The topological polar surface area (TPSA) is 79.3 Å². The number of rotatable bonds is 7. The second kappa shape index (κ2) is 9.62. The molecule has 8 heteroatoms. The number of fused-ring (bicyclic) bond motifs is 1. The predicted octanol–water partition coefficient (Wildman–Crippen LogP) is 3.36. The molecule has 7 nitrogen and oxygen atoms in total. The average Bonchev–Trinajstić information content (AvgIpc) is 3.09. The fraction of sp³-hybridized carbons (Fsp3) is 0.360. The summed E-state index contributed by atoms with van der Waals surface area (Å²) >= 11 is 0. The molecule has 4 rings (SSSR count). The molecule has 1 saturated heterocycles. The first-order valence-corrected chi connectivity index (χ1v) is 11.1. The number of amides is 1.